The molecule has 7 nitrogen and oxygen atoms in total. The van der Waals surface area contributed by atoms with Crippen molar-refractivity contribution in [3.8, 4) is 0 Å². The molecule has 0 aliphatic heterocycles. The van der Waals surface area contributed by atoms with Gasteiger partial charge in [0.05, 0.1) is 19.8 Å². The zero-order valence-electron chi connectivity index (χ0n) is 12.8. The Morgan fingerprint density at radius 1 is 0.905 bits per heavy atom. The van der Waals surface area contributed by atoms with Gasteiger partial charge in [0, 0.05) is 13.2 Å². The van der Waals surface area contributed by atoms with E-state index >= 15 is 0 Å². The number of unbranched alkanes of at least 4 members (excludes halogenated alkanes) is 3. The zero-order chi connectivity index (χ0) is 15.8. The molecule has 0 saturated heterocycles. The maximum absolute atomic E-state index is 11.2. The summed E-state index contributed by atoms with van der Waals surface area (Å²) in [6.07, 6.45) is 4.75. The Labute approximate surface area is 125 Å². The van der Waals surface area contributed by atoms with E-state index in [-0.39, 0.29) is 12.5 Å². The van der Waals surface area contributed by atoms with Gasteiger partial charge in [-0.3, -0.25) is 4.79 Å². The number of carboxylic acids is 1. The molecular formula is C14H27NO6. The number of rotatable bonds is 15. The summed E-state index contributed by atoms with van der Waals surface area (Å²) >= 11 is 0. The van der Waals surface area contributed by atoms with Gasteiger partial charge in [0.2, 0.25) is 5.91 Å². The maximum atomic E-state index is 11.2. The molecule has 2 N–H and O–H groups in total. The van der Waals surface area contributed by atoms with Crippen molar-refractivity contribution < 1.29 is 28.9 Å². The van der Waals surface area contributed by atoms with Crippen LogP contribution in [0.2, 0.25) is 0 Å². The van der Waals surface area contributed by atoms with Crippen molar-refractivity contribution in [2.45, 2.75) is 32.6 Å². The fourth-order valence-corrected chi connectivity index (χ4v) is 1.50. The third-order valence-electron chi connectivity index (χ3n) is 2.54. The quantitative estimate of drug-likeness (QED) is 0.435. The van der Waals surface area contributed by atoms with Crippen molar-refractivity contribution in [2.24, 2.45) is 0 Å². The Balaban J connectivity index is 3.14. The first-order valence-electron chi connectivity index (χ1n) is 7.38. The van der Waals surface area contributed by atoms with Crippen LogP contribution in [-0.4, -0.2) is 63.2 Å². The first-order chi connectivity index (χ1) is 10.2. The zero-order valence-corrected chi connectivity index (χ0v) is 12.8. The van der Waals surface area contributed by atoms with Gasteiger partial charge in [-0.2, -0.15) is 0 Å². The van der Waals surface area contributed by atoms with E-state index in [1.807, 2.05) is 0 Å². The molecule has 0 atom stereocenters. The maximum Gasteiger partial charge on any atom is 0.329 e. The molecule has 0 aliphatic rings. The second kappa shape index (κ2) is 15.2. The second-order valence-electron chi connectivity index (χ2n) is 4.52. The molecule has 124 valence electrons. The predicted molar refractivity (Wildman–Crippen MR) is 77.2 cm³/mol. The lowest BCUT2D eigenvalue weighted by atomic mass is 10.2. The van der Waals surface area contributed by atoms with Gasteiger partial charge in [-0.15, -0.1) is 0 Å². The van der Waals surface area contributed by atoms with E-state index in [9.17, 15) is 9.59 Å². The van der Waals surface area contributed by atoms with Crippen LogP contribution >= 0.6 is 0 Å². The normalized spacial score (nSPS) is 10.5. The van der Waals surface area contributed by atoms with Crippen LogP contribution in [0, 0.1) is 0 Å². The lowest BCUT2D eigenvalue weighted by Gasteiger charge is -2.07. The third-order valence-corrected chi connectivity index (χ3v) is 2.54. The lowest BCUT2D eigenvalue weighted by molar-refractivity contribution is -0.143. The van der Waals surface area contributed by atoms with Gasteiger partial charge in [0.1, 0.15) is 13.2 Å². The predicted octanol–water partition coefficient (Wildman–Crippen LogP) is 0.817. The fourth-order valence-electron chi connectivity index (χ4n) is 1.50. The number of ether oxygens (including phenoxy) is 3. The third kappa shape index (κ3) is 16.8. The first kappa shape index (κ1) is 19.8. The van der Waals surface area contributed by atoms with Crippen molar-refractivity contribution >= 4 is 11.9 Å². The van der Waals surface area contributed by atoms with Gasteiger partial charge in [0.15, 0.2) is 0 Å². The molecule has 0 aliphatic carbocycles. The molecule has 0 fully saturated rings. The average Bonchev–Trinajstić information content (AvgIpc) is 2.44. The molecule has 0 heterocycles. The highest BCUT2D eigenvalue weighted by Gasteiger charge is 2.02. The highest BCUT2D eigenvalue weighted by atomic mass is 16.5. The SMILES string of the molecule is CCCCCCOCCOCCNC(=O)COCC(=O)O. The minimum atomic E-state index is -1.10. The Bertz CT molecular complexity index is 272. The molecule has 1 amide bonds. The summed E-state index contributed by atoms with van der Waals surface area (Å²) in [7, 11) is 0. The largest absolute Gasteiger partial charge is 0.480 e. The van der Waals surface area contributed by atoms with Gasteiger partial charge in [-0.25, -0.2) is 4.79 Å². The van der Waals surface area contributed by atoms with Crippen LogP contribution < -0.4 is 5.32 Å². The average molecular weight is 305 g/mol. The summed E-state index contributed by atoms with van der Waals surface area (Å²) < 4.78 is 15.3. The molecule has 0 aromatic heterocycles. The van der Waals surface area contributed by atoms with Gasteiger partial charge >= 0.3 is 5.97 Å². The van der Waals surface area contributed by atoms with Gasteiger partial charge in [-0.05, 0) is 6.42 Å². The number of hydrogen-bond donors (Lipinski definition) is 2. The Morgan fingerprint density at radius 3 is 2.29 bits per heavy atom. The van der Waals surface area contributed by atoms with E-state index in [0.29, 0.717) is 26.4 Å². The van der Waals surface area contributed by atoms with Crippen LogP contribution in [-0.2, 0) is 23.8 Å². The monoisotopic (exact) mass is 305 g/mol. The summed E-state index contributed by atoms with van der Waals surface area (Å²) in [5.74, 6) is -1.45. The van der Waals surface area contributed by atoms with Crippen LogP contribution in [0.15, 0.2) is 0 Å². The summed E-state index contributed by atoms with van der Waals surface area (Å²) in [5.41, 5.74) is 0. The van der Waals surface area contributed by atoms with Gasteiger partial charge < -0.3 is 24.6 Å². The Morgan fingerprint density at radius 2 is 1.62 bits per heavy atom. The molecule has 0 aromatic carbocycles. The highest BCUT2D eigenvalue weighted by Crippen LogP contribution is 1.98. The number of carbonyl (C=O) groups excluding carboxylic acids is 1. The van der Waals surface area contributed by atoms with Gasteiger partial charge in [-0.1, -0.05) is 26.2 Å². The van der Waals surface area contributed by atoms with Crippen LogP contribution in [0.25, 0.3) is 0 Å². The van der Waals surface area contributed by atoms with Crippen LogP contribution in [0.1, 0.15) is 32.6 Å². The second-order valence-corrected chi connectivity index (χ2v) is 4.52. The summed E-state index contributed by atoms with van der Waals surface area (Å²) in [6.45, 7) is 4.02. The van der Waals surface area contributed by atoms with Crippen LogP contribution in [0.5, 0.6) is 0 Å². The topological polar surface area (TPSA) is 94.1 Å². The number of nitrogens with one attached hydrogen (secondary N) is 1. The summed E-state index contributed by atoms with van der Waals surface area (Å²) in [6, 6.07) is 0. The van der Waals surface area contributed by atoms with E-state index in [1.165, 1.54) is 19.3 Å². The van der Waals surface area contributed by atoms with Crippen molar-refractivity contribution in [3.05, 3.63) is 0 Å². The first-order valence-corrected chi connectivity index (χ1v) is 7.38. The summed E-state index contributed by atoms with van der Waals surface area (Å²) in [5, 5.41) is 10.9. The van der Waals surface area contributed by atoms with Crippen LogP contribution in [0.4, 0.5) is 0 Å². The minimum absolute atomic E-state index is 0.257. The van der Waals surface area contributed by atoms with E-state index in [2.05, 4.69) is 17.0 Å². The smallest absolute Gasteiger partial charge is 0.329 e. The standard InChI is InChI=1S/C14H27NO6/c1-2-3-4-5-7-19-9-10-20-8-6-15-13(16)11-21-12-14(17)18/h2-12H2,1H3,(H,15,16)(H,17,18). The minimum Gasteiger partial charge on any atom is -0.480 e. The highest BCUT2D eigenvalue weighted by molar-refractivity contribution is 5.77. The fraction of sp³-hybridized carbons (Fsp3) is 0.857. The molecule has 7 heteroatoms. The van der Waals surface area contributed by atoms with Crippen molar-refractivity contribution in [3.63, 3.8) is 0 Å². The van der Waals surface area contributed by atoms with E-state index in [1.54, 1.807) is 0 Å². The molecular weight excluding hydrogens is 278 g/mol. The van der Waals surface area contributed by atoms with E-state index < -0.39 is 12.6 Å². The number of hydrogen-bond acceptors (Lipinski definition) is 5. The Hall–Kier alpha value is -1.18. The number of carboxylic acid groups (broad SMARTS) is 1. The number of amides is 1. The van der Waals surface area contributed by atoms with Crippen LogP contribution in [0.3, 0.4) is 0 Å². The molecule has 0 rings (SSSR count). The number of aliphatic carboxylic acids is 1. The molecule has 0 saturated carbocycles. The molecule has 0 unspecified atom stereocenters. The Kier molecular flexibility index (Phi) is 14.4. The molecule has 0 radical (unpaired) electrons. The van der Waals surface area contributed by atoms with Crippen molar-refractivity contribution in [2.75, 3.05) is 46.2 Å². The molecule has 0 aromatic rings. The number of carbonyl (C=O) groups is 2. The van der Waals surface area contributed by atoms with Gasteiger partial charge in [0.25, 0.3) is 0 Å². The molecule has 0 spiro atoms. The molecule has 21 heavy (non-hydrogen) atoms. The van der Waals surface area contributed by atoms with E-state index in [4.69, 9.17) is 14.6 Å². The van der Waals surface area contributed by atoms with Crippen molar-refractivity contribution in [1.82, 2.24) is 5.32 Å². The summed E-state index contributed by atoms with van der Waals surface area (Å²) in [4.78, 5) is 21.3. The van der Waals surface area contributed by atoms with Crippen molar-refractivity contribution in [1.29, 1.82) is 0 Å². The lowest BCUT2D eigenvalue weighted by Crippen LogP contribution is -2.31. The van der Waals surface area contributed by atoms with E-state index in [0.717, 1.165) is 13.0 Å². The molecule has 0 bridgehead atoms.